The van der Waals surface area contributed by atoms with Gasteiger partial charge in [-0.3, -0.25) is 0 Å². The summed E-state index contributed by atoms with van der Waals surface area (Å²) < 4.78 is 10.7. The average Bonchev–Trinajstić information content (AvgIpc) is 2.49. The molecule has 0 saturated heterocycles. The lowest BCUT2D eigenvalue weighted by molar-refractivity contribution is 0.146. The van der Waals surface area contributed by atoms with E-state index in [0.717, 1.165) is 23.6 Å². The van der Waals surface area contributed by atoms with E-state index in [0.29, 0.717) is 19.2 Å². The smallest absolute Gasteiger partial charge is 0.223 e. The van der Waals surface area contributed by atoms with E-state index in [9.17, 15) is 0 Å². The predicted octanol–water partition coefficient (Wildman–Crippen LogP) is 2.60. The molecule has 2 rings (SSSR count). The van der Waals surface area contributed by atoms with Crippen LogP contribution in [-0.2, 0) is 4.74 Å². The lowest BCUT2D eigenvalue weighted by Gasteiger charge is -2.11. The Bertz CT molecular complexity index is 546. The summed E-state index contributed by atoms with van der Waals surface area (Å²) in [7, 11) is 1.66. The molecule has 0 radical (unpaired) electrons. The second kappa shape index (κ2) is 7.45. The van der Waals surface area contributed by atoms with Gasteiger partial charge in [0.25, 0.3) is 0 Å². The van der Waals surface area contributed by atoms with Crippen molar-refractivity contribution in [2.24, 2.45) is 0 Å². The lowest BCUT2D eigenvalue weighted by Crippen LogP contribution is -2.06. The van der Waals surface area contributed by atoms with E-state index in [-0.39, 0.29) is 0 Å². The Labute approximate surface area is 119 Å². The van der Waals surface area contributed by atoms with Gasteiger partial charge in [0.05, 0.1) is 12.3 Å². The highest BCUT2D eigenvalue weighted by Gasteiger charge is 2.08. The third-order valence-corrected chi connectivity index (χ3v) is 2.70. The first-order chi connectivity index (χ1) is 9.85. The van der Waals surface area contributed by atoms with E-state index in [4.69, 9.17) is 9.47 Å². The molecule has 0 aliphatic carbocycles. The van der Waals surface area contributed by atoms with Crippen molar-refractivity contribution in [3.63, 3.8) is 0 Å². The van der Waals surface area contributed by atoms with E-state index in [2.05, 4.69) is 15.3 Å². The summed E-state index contributed by atoms with van der Waals surface area (Å²) in [5.74, 6) is 1.42. The second-order valence-electron chi connectivity index (χ2n) is 4.13. The summed E-state index contributed by atoms with van der Waals surface area (Å²) in [5.41, 5.74) is 1.79. The Morgan fingerprint density at radius 1 is 1.15 bits per heavy atom. The highest BCUT2D eigenvalue weighted by molar-refractivity contribution is 5.67. The van der Waals surface area contributed by atoms with Gasteiger partial charge in [-0.05, 0) is 25.1 Å². The van der Waals surface area contributed by atoms with Crippen molar-refractivity contribution in [3.8, 4) is 17.0 Å². The first kappa shape index (κ1) is 14.3. The molecule has 0 unspecified atom stereocenters. The number of benzene rings is 1. The highest BCUT2D eigenvalue weighted by atomic mass is 16.5. The number of rotatable bonds is 7. The van der Waals surface area contributed by atoms with Gasteiger partial charge in [-0.25, -0.2) is 9.97 Å². The number of hydrogen-bond acceptors (Lipinski definition) is 5. The zero-order valence-electron chi connectivity index (χ0n) is 11.8. The van der Waals surface area contributed by atoms with Gasteiger partial charge in [0.15, 0.2) is 0 Å². The van der Waals surface area contributed by atoms with Crippen LogP contribution in [0.25, 0.3) is 11.3 Å². The van der Waals surface area contributed by atoms with Gasteiger partial charge in [0, 0.05) is 25.4 Å². The molecule has 0 aliphatic heterocycles. The van der Waals surface area contributed by atoms with Crippen LogP contribution >= 0.6 is 0 Å². The van der Waals surface area contributed by atoms with Crippen molar-refractivity contribution < 1.29 is 9.47 Å². The SMILES string of the molecule is CCNc1nccc(-c2ccccc2OCCOC)n1. The number of aromatic nitrogens is 2. The van der Waals surface area contributed by atoms with Crippen LogP contribution in [0.15, 0.2) is 36.5 Å². The molecule has 0 aliphatic rings. The van der Waals surface area contributed by atoms with Gasteiger partial charge in [-0.2, -0.15) is 0 Å². The molecule has 1 aromatic carbocycles. The van der Waals surface area contributed by atoms with Gasteiger partial charge in [-0.1, -0.05) is 12.1 Å². The minimum Gasteiger partial charge on any atom is -0.490 e. The molecule has 0 bridgehead atoms. The molecule has 5 nitrogen and oxygen atoms in total. The maximum Gasteiger partial charge on any atom is 0.223 e. The summed E-state index contributed by atoms with van der Waals surface area (Å²) in [4.78, 5) is 8.66. The van der Waals surface area contributed by atoms with Crippen molar-refractivity contribution in [3.05, 3.63) is 36.5 Å². The van der Waals surface area contributed by atoms with Crippen LogP contribution in [0.4, 0.5) is 5.95 Å². The third-order valence-electron chi connectivity index (χ3n) is 2.70. The number of hydrogen-bond donors (Lipinski definition) is 1. The van der Waals surface area contributed by atoms with Crippen LogP contribution in [0.3, 0.4) is 0 Å². The Balaban J connectivity index is 2.24. The van der Waals surface area contributed by atoms with E-state index < -0.39 is 0 Å². The van der Waals surface area contributed by atoms with Crippen LogP contribution in [0.5, 0.6) is 5.75 Å². The van der Waals surface area contributed by atoms with E-state index in [1.165, 1.54) is 0 Å². The molecule has 1 aromatic heterocycles. The molecule has 5 heteroatoms. The normalized spacial score (nSPS) is 10.3. The van der Waals surface area contributed by atoms with Gasteiger partial charge < -0.3 is 14.8 Å². The summed E-state index contributed by atoms with van der Waals surface area (Å²) in [6.07, 6.45) is 1.74. The van der Waals surface area contributed by atoms with Crippen molar-refractivity contribution >= 4 is 5.95 Å². The second-order valence-corrected chi connectivity index (χ2v) is 4.13. The van der Waals surface area contributed by atoms with Crippen LogP contribution in [0, 0.1) is 0 Å². The van der Waals surface area contributed by atoms with E-state index in [1.807, 2.05) is 37.3 Å². The summed E-state index contributed by atoms with van der Waals surface area (Å²) in [6, 6.07) is 9.70. The van der Waals surface area contributed by atoms with Crippen LogP contribution < -0.4 is 10.1 Å². The topological polar surface area (TPSA) is 56.3 Å². The van der Waals surface area contributed by atoms with E-state index in [1.54, 1.807) is 13.3 Å². The largest absolute Gasteiger partial charge is 0.490 e. The van der Waals surface area contributed by atoms with Crippen molar-refractivity contribution in [2.45, 2.75) is 6.92 Å². The highest BCUT2D eigenvalue weighted by Crippen LogP contribution is 2.28. The Morgan fingerprint density at radius 2 is 2.00 bits per heavy atom. The van der Waals surface area contributed by atoms with Crippen LogP contribution in [-0.4, -0.2) is 36.8 Å². The van der Waals surface area contributed by atoms with Gasteiger partial charge in [-0.15, -0.1) is 0 Å². The summed E-state index contributed by atoms with van der Waals surface area (Å²) in [6.45, 7) is 3.87. The number of anilines is 1. The Kier molecular flexibility index (Phi) is 5.32. The fourth-order valence-electron chi connectivity index (χ4n) is 1.79. The predicted molar refractivity (Wildman–Crippen MR) is 79.0 cm³/mol. The molecule has 20 heavy (non-hydrogen) atoms. The zero-order valence-corrected chi connectivity index (χ0v) is 11.8. The lowest BCUT2D eigenvalue weighted by atomic mass is 10.1. The molecule has 0 fully saturated rings. The Morgan fingerprint density at radius 3 is 2.80 bits per heavy atom. The monoisotopic (exact) mass is 273 g/mol. The standard InChI is InChI=1S/C15H19N3O2/c1-3-16-15-17-9-8-13(18-15)12-6-4-5-7-14(12)20-11-10-19-2/h4-9H,3,10-11H2,1-2H3,(H,16,17,18). The quantitative estimate of drug-likeness (QED) is 0.786. The van der Waals surface area contributed by atoms with Gasteiger partial charge in [0.2, 0.25) is 5.95 Å². The molecule has 1 N–H and O–H groups in total. The number of nitrogens with zero attached hydrogens (tertiary/aromatic N) is 2. The molecule has 0 spiro atoms. The summed E-state index contributed by atoms with van der Waals surface area (Å²) >= 11 is 0. The maximum absolute atomic E-state index is 5.73. The van der Waals surface area contributed by atoms with Crippen molar-refractivity contribution in [1.82, 2.24) is 9.97 Å². The minimum absolute atomic E-state index is 0.513. The van der Waals surface area contributed by atoms with Crippen LogP contribution in [0.2, 0.25) is 0 Å². The van der Waals surface area contributed by atoms with Gasteiger partial charge in [0.1, 0.15) is 12.4 Å². The van der Waals surface area contributed by atoms with Crippen molar-refractivity contribution in [2.75, 3.05) is 32.2 Å². The molecular formula is C15H19N3O2. The molecule has 106 valence electrons. The molecule has 0 amide bonds. The molecule has 0 atom stereocenters. The molecule has 1 heterocycles. The first-order valence-corrected chi connectivity index (χ1v) is 6.63. The zero-order chi connectivity index (χ0) is 14.2. The molecular weight excluding hydrogens is 254 g/mol. The Hall–Kier alpha value is -2.14. The van der Waals surface area contributed by atoms with Gasteiger partial charge >= 0.3 is 0 Å². The number of para-hydroxylation sites is 1. The van der Waals surface area contributed by atoms with Crippen LogP contribution in [0.1, 0.15) is 6.92 Å². The third kappa shape index (κ3) is 3.68. The van der Waals surface area contributed by atoms with Crippen molar-refractivity contribution in [1.29, 1.82) is 0 Å². The molecule has 2 aromatic rings. The summed E-state index contributed by atoms with van der Waals surface area (Å²) in [5, 5.41) is 3.11. The minimum atomic E-state index is 0.513. The maximum atomic E-state index is 5.73. The average molecular weight is 273 g/mol. The van der Waals surface area contributed by atoms with E-state index >= 15 is 0 Å². The number of ether oxygens (including phenoxy) is 2. The first-order valence-electron chi connectivity index (χ1n) is 6.63. The number of nitrogens with one attached hydrogen (secondary N) is 1. The number of methoxy groups -OCH3 is 1. The fraction of sp³-hybridized carbons (Fsp3) is 0.333. The molecule has 0 saturated carbocycles. The fourth-order valence-corrected chi connectivity index (χ4v) is 1.79.